The van der Waals surface area contributed by atoms with Crippen molar-refractivity contribution in [2.24, 2.45) is 0 Å². The van der Waals surface area contributed by atoms with E-state index in [-0.39, 0.29) is 23.7 Å². The molecule has 2 aromatic heterocycles. The molecule has 4 amide bonds. The average Bonchev–Trinajstić information content (AvgIpc) is 3.56. The quantitative estimate of drug-likeness (QED) is 0.205. The van der Waals surface area contributed by atoms with Crippen molar-refractivity contribution in [3.8, 4) is 5.00 Å². The molecule has 0 atom stereocenters. The highest BCUT2D eigenvalue weighted by Crippen LogP contribution is 2.39. The molecule has 2 N–H and O–H groups in total. The molecule has 208 valence electrons. The SMILES string of the molecule is Cc1cc(C=C2NC(=O)N(Cc3ccccc3F)C2=O)c(C)n1-c1sc2c(c1C(=O)Nc1ccccc1)CCCC2. The summed E-state index contributed by atoms with van der Waals surface area (Å²) in [5, 5.41) is 6.56. The fourth-order valence-corrected chi connectivity index (χ4v) is 7.07. The van der Waals surface area contributed by atoms with Gasteiger partial charge in [0.2, 0.25) is 0 Å². The molecule has 1 aliphatic heterocycles. The van der Waals surface area contributed by atoms with Crippen molar-refractivity contribution in [1.29, 1.82) is 0 Å². The van der Waals surface area contributed by atoms with E-state index in [1.54, 1.807) is 35.6 Å². The highest BCUT2D eigenvalue weighted by molar-refractivity contribution is 7.15. The van der Waals surface area contributed by atoms with E-state index in [1.165, 1.54) is 10.9 Å². The maximum atomic E-state index is 14.2. The number of carbonyl (C=O) groups is 3. The molecule has 0 saturated carbocycles. The van der Waals surface area contributed by atoms with Crippen LogP contribution in [0.5, 0.6) is 0 Å². The molecule has 1 fully saturated rings. The number of benzene rings is 2. The summed E-state index contributed by atoms with van der Waals surface area (Å²) in [5.41, 5.74) is 5.42. The maximum Gasteiger partial charge on any atom is 0.329 e. The largest absolute Gasteiger partial charge is 0.329 e. The minimum absolute atomic E-state index is 0.124. The number of nitrogens with one attached hydrogen (secondary N) is 2. The van der Waals surface area contributed by atoms with Gasteiger partial charge in [0.1, 0.15) is 16.5 Å². The number of fused-ring (bicyclic) bond motifs is 1. The van der Waals surface area contributed by atoms with E-state index in [9.17, 15) is 18.8 Å². The number of hydrogen-bond acceptors (Lipinski definition) is 4. The standard InChI is InChI=1S/C32H29FN4O3S/c1-19-16-22(17-26-30(39)36(32(40)35-26)18-21-10-6-8-14-25(21)33)20(2)37(19)31-28(24-13-7-9-15-27(24)41-31)29(38)34-23-11-4-3-5-12-23/h3-6,8,10-12,14,16-17H,7,9,13,15,18H2,1-2H3,(H,34,38)(H,35,40). The molecule has 0 spiro atoms. The third-order valence-corrected chi connectivity index (χ3v) is 8.91. The number of urea groups is 1. The van der Waals surface area contributed by atoms with E-state index >= 15 is 0 Å². The highest BCUT2D eigenvalue weighted by Gasteiger charge is 2.34. The van der Waals surface area contributed by atoms with Crippen LogP contribution in [0.25, 0.3) is 11.1 Å². The average molecular weight is 569 g/mol. The molecule has 3 heterocycles. The molecule has 0 bridgehead atoms. The molecule has 0 radical (unpaired) electrons. The summed E-state index contributed by atoms with van der Waals surface area (Å²) in [7, 11) is 0. The van der Waals surface area contributed by atoms with Crippen LogP contribution in [0.15, 0.2) is 66.4 Å². The molecule has 2 aliphatic rings. The number of nitrogens with zero attached hydrogens (tertiary/aromatic N) is 2. The van der Waals surface area contributed by atoms with Crippen molar-refractivity contribution in [2.75, 3.05) is 5.32 Å². The Balaban J connectivity index is 1.35. The molecule has 41 heavy (non-hydrogen) atoms. The van der Waals surface area contributed by atoms with Gasteiger partial charge in [0.05, 0.1) is 12.1 Å². The van der Waals surface area contributed by atoms with E-state index < -0.39 is 17.8 Å². The smallest absolute Gasteiger partial charge is 0.322 e. The number of anilines is 1. The van der Waals surface area contributed by atoms with E-state index in [1.807, 2.05) is 50.2 Å². The first-order valence-electron chi connectivity index (χ1n) is 13.6. The Morgan fingerprint density at radius 1 is 1.05 bits per heavy atom. The lowest BCUT2D eigenvalue weighted by molar-refractivity contribution is -0.123. The van der Waals surface area contributed by atoms with Crippen molar-refractivity contribution in [2.45, 2.75) is 46.1 Å². The Hall–Kier alpha value is -4.50. The third-order valence-electron chi connectivity index (χ3n) is 7.63. The summed E-state index contributed by atoms with van der Waals surface area (Å²) in [6, 6.07) is 16.9. The first kappa shape index (κ1) is 26.7. The number of rotatable bonds is 6. The molecule has 1 saturated heterocycles. The number of imide groups is 1. The van der Waals surface area contributed by atoms with Crippen LogP contribution in [0.4, 0.5) is 14.9 Å². The predicted molar refractivity (Wildman–Crippen MR) is 158 cm³/mol. The Morgan fingerprint density at radius 2 is 1.78 bits per heavy atom. The first-order chi connectivity index (χ1) is 19.8. The lowest BCUT2D eigenvalue weighted by atomic mass is 9.95. The lowest BCUT2D eigenvalue weighted by Gasteiger charge is -2.14. The summed E-state index contributed by atoms with van der Waals surface area (Å²) in [5.74, 6) is -1.13. The van der Waals surface area contributed by atoms with Crippen LogP contribution in [0, 0.1) is 19.7 Å². The van der Waals surface area contributed by atoms with Gasteiger partial charge < -0.3 is 15.2 Å². The summed E-state index contributed by atoms with van der Waals surface area (Å²) in [6.45, 7) is 3.75. The number of aromatic nitrogens is 1. The van der Waals surface area contributed by atoms with E-state index in [4.69, 9.17) is 0 Å². The molecule has 0 unspecified atom stereocenters. The maximum absolute atomic E-state index is 14.2. The van der Waals surface area contributed by atoms with Gasteiger partial charge in [0.15, 0.2) is 0 Å². The Labute approximate surface area is 241 Å². The molecule has 4 aromatic rings. The third kappa shape index (κ3) is 4.97. The second-order valence-corrected chi connectivity index (χ2v) is 11.4. The molecule has 2 aromatic carbocycles. The van der Waals surface area contributed by atoms with Gasteiger partial charge in [0.25, 0.3) is 11.8 Å². The van der Waals surface area contributed by atoms with Crippen LogP contribution in [-0.2, 0) is 24.2 Å². The van der Waals surface area contributed by atoms with Gasteiger partial charge in [-0.15, -0.1) is 11.3 Å². The van der Waals surface area contributed by atoms with Crippen LogP contribution in [0.2, 0.25) is 0 Å². The van der Waals surface area contributed by atoms with E-state index in [2.05, 4.69) is 15.2 Å². The van der Waals surface area contributed by atoms with Crippen LogP contribution in [0.1, 0.15) is 56.2 Å². The Bertz CT molecular complexity index is 1720. The molecule has 6 rings (SSSR count). The van der Waals surface area contributed by atoms with Crippen LogP contribution < -0.4 is 10.6 Å². The molecule has 9 heteroatoms. The number of hydrogen-bond donors (Lipinski definition) is 2. The number of aryl methyl sites for hydroxylation is 2. The van der Waals surface area contributed by atoms with Crippen molar-refractivity contribution in [3.63, 3.8) is 0 Å². The Kier molecular flexibility index (Phi) is 7.05. The fourth-order valence-electron chi connectivity index (χ4n) is 5.57. The molecule has 1 aliphatic carbocycles. The molecular formula is C32H29FN4O3S. The van der Waals surface area contributed by atoms with Gasteiger partial charge >= 0.3 is 6.03 Å². The van der Waals surface area contributed by atoms with Crippen molar-refractivity contribution in [1.82, 2.24) is 14.8 Å². The number of amides is 4. The number of carbonyl (C=O) groups excluding carboxylic acids is 3. The van der Waals surface area contributed by atoms with Gasteiger partial charge in [-0.2, -0.15) is 0 Å². The van der Waals surface area contributed by atoms with Gasteiger partial charge in [0, 0.05) is 27.5 Å². The second-order valence-electron chi connectivity index (χ2n) is 10.3. The summed E-state index contributed by atoms with van der Waals surface area (Å²) in [4.78, 5) is 41.7. The molecular weight excluding hydrogens is 539 g/mol. The van der Waals surface area contributed by atoms with Crippen molar-refractivity contribution >= 4 is 40.9 Å². The van der Waals surface area contributed by atoms with Crippen LogP contribution in [-0.4, -0.2) is 27.3 Å². The van der Waals surface area contributed by atoms with E-state index in [0.29, 0.717) is 5.56 Å². The summed E-state index contributed by atoms with van der Waals surface area (Å²) in [6.07, 6.45) is 5.59. The van der Waals surface area contributed by atoms with Gasteiger partial charge in [-0.25, -0.2) is 9.18 Å². The zero-order valence-corrected chi connectivity index (χ0v) is 23.6. The number of thiophene rings is 1. The summed E-state index contributed by atoms with van der Waals surface area (Å²) >= 11 is 1.64. The minimum atomic E-state index is -0.593. The fraction of sp³-hybridized carbons (Fsp3) is 0.219. The zero-order chi connectivity index (χ0) is 28.7. The number of para-hydroxylation sites is 1. The van der Waals surface area contributed by atoms with Gasteiger partial charge in [-0.3, -0.25) is 14.5 Å². The topological polar surface area (TPSA) is 83.4 Å². The first-order valence-corrected chi connectivity index (χ1v) is 14.4. The monoisotopic (exact) mass is 568 g/mol. The van der Waals surface area contributed by atoms with Gasteiger partial charge in [-0.05, 0) is 81.0 Å². The van der Waals surface area contributed by atoms with Crippen LogP contribution >= 0.6 is 11.3 Å². The second kappa shape index (κ2) is 10.8. The molecule has 7 nitrogen and oxygen atoms in total. The minimum Gasteiger partial charge on any atom is -0.322 e. The lowest BCUT2D eigenvalue weighted by Crippen LogP contribution is -2.30. The number of halogens is 1. The summed E-state index contributed by atoms with van der Waals surface area (Å²) < 4.78 is 16.2. The van der Waals surface area contributed by atoms with Crippen molar-refractivity contribution < 1.29 is 18.8 Å². The van der Waals surface area contributed by atoms with Gasteiger partial charge in [-0.1, -0.05) is 36.4 Å². The Morgan fingerprint density at radius 3 is 2.56 bits per heavy atom. The van der Waals surface area contributed by atoms with E-state index in [0.717, 1.165) is 63.8 Å². The normalized spacial score (nSPS) is 15.8. The zero-order valence-electron chi connectivity index (χ0n) is 22.8. The van der Waals surface area contributed by atoms with Crippen LogP contribution in [0.3, 0.4) is 0 Å². The highest BCUT2D eigenvalue weighted by atomic mass is 32.1. The predicted octanol–water partition coefficient (Wildman–Crippen LogP) is 6.52. The van der Waals surface area contributed by atoms with Crippen molar-refractivity contribution in [3.05, 3.63) is 111 Å².